The summed E-state index contributed by atoms with van der Waals surface area (Å²) < 4.78 is 62.9. The van der Waals surface area contributed by atoms with Crippen LogP contribution in [-0.4, -0.2) is 51.6 Å². The monoisotopic (exact) mass is 670 g/mol. The molecule has 2 fully saturated rings. The molecule has 0 saturated carbocycles. The van der Waals surface area contributed by atoms with Crippen molar-refractivity contribution in [2.45, 2.75) is 33.1 Å². The second-order valence-electron chi connectivity index (χ2n) is 14.3. The quantitative estimate of drug-likeness (QED) is 0.126. The van der Waals surface area contributed by atoms with Crippen molar-refractivity contribution >= 4 is 11.9 Å². The third-order valence-corrected chi connectivity index (χ3v) is 9.34. The van der Waals surface area contributed by atoms with Crippen molar-refractivity contribution in [3.8, 4) is 34.1 Å². The Morgan fingerprint density at radius 1 is 0.592 bits per heavy atom. The Balaban J connectivity index is 1.02. The summed E-state index contributed by atoms with van der Waals surface area (Å²) in [5.41, 5.74) is 2.37. The van der Waals surface area contributed by atoms with Crippen LogP contribution >= 0.6 is 0 Å². The molecule has 49 heavy (non-hydrogen) atoms. The SMILES string of the molecule is CC1(COc2ccc(C(=O)Oc3ccc4c(c3)C(C)(C)c3cc(OC(=O)c5ccc(OCC6(C)COC6)cc5F)ccc3-4)c(F)c2)COC1. The zero-order valence-corrected chi connectivity index (χ0v) is 27.7. The van der Waals surface area contributed by atoms with Gasteiger partial charge in [0.1, 0.15) is 34.6 Å². The topological polar surface area (TPSA) is 89.5 Å². The molecule has 254 valence electrons. The van der Waals surface area contributed by atoms with E-state index in [0.29, 0.717) is 51.1 Å². The average Bonchev–Trinajstić information content (AvgIpc) is 3.26. The first-order chi connectivity index (χ1) is 23.3. The Hall–Kier alpha value is -4.80. The average molecular weight is 671 g/mol. The molecule has 0 unspecified atom stereocenters. The van der Waals surface area contributed by atoms with Gasteiger partial charge in [0.15, 0.2) is 0 Å². The van der Waals surface area contributed by atoms with Gasteiger partial charge < -0.3 is 28.4 Å². The lowest BCUT2D eigenvalue weighted by molar-refractivity contribution is -0.120. The van der Waals surface area contributed by atoms with Crippen LogP contribution in [0.15, 0.2) is 72.8 Å². The van der Waals surface area contributed by atoms with Crippen LogP contribution in [0.4, 0.5) is 8.78 Å². The third kappa shape index (κ3) is 6.38. The van der Waals surface area contributed by atoms with E-state index >= 15 is 0 Å². The lowest BCUT2D eigenvalue weighted by Gasteiger charge is -2.37. The number of rotatable bonds is 10. The lowest BCUT2D eigenvalue weighted by atomic mass is 9.82. The fourth-order valence-electron chi connectivity index (χ4n) is 6.23. The highest BCUT2D eigenvalue weighted by molar-refractivity contribution is 5.93. The van der Waals surface area contributed by atoms with Crippen molar-refractivity contribution in [2.24, 2.45) is 10.8 Å². The van der Waals surface area contributed by atoms with Crippen LogP contribution in [0.25, 0.3) is 11.1 Å². The van der Waals surface area contributed by atoms with E-state index in [-0.39, 0.29) is 33.5 Å². The van der Waals surface area contributed by atoms with Gasteiger partial charge in [0, 0.05) is 28.4 Å². The van der Waals surface area contributed by atoms with Gasteiger partial charge in [-0.25, -0.2) is 18.4 Å². The van der Waals surface area contributed by atoms with E-state index in [1.807, 2.05) is 39.8 Å². The van der Waals surface area contributed by atoms with Crippen molar-refractivity contribution in [3.05, 3.63) is 107 Å². The minimum atomic E-state index is -0.833. The van der Waals surface area contributed by atoms with Crippen LogP contribution in [0.5, 0.6) is 23.0 Å². The molecule has 4 aromatic carbocycles. The Bertz CT molecular complexity index is 1820. The van der Waals surface area contributed by atoms with Gasteiger partial charge in [-0.3, -0.25) is 0 Å². The maximum atomic E-state index is 14.9. The van der Waals surface area contributed by atoms with Crippen molar-refractivity contribution in [1.29, 1.82) is 0 Å². The van der Waals surface area contributed by atoms with E-state index in [9.17, 15) is 18.4 Å². The smallest absolute Gasteiger partial charge is 0.346 e. The Morgan fingerprint density at radius 2 is 0.980 bits per heavy atom. The summed E-state index contributed by atoms with van der Waals surface area (Å²) in [5.74, 6) is -2.00. The Kier molecular flexibility index (Phi) is 8.19. The highest BCUT2D eigenvalue weighted by atomic mass is 19.1. The highest BCUT2D eigenvalue weighted by Crippen LogP contribution is 2.50. The number of hydrogen-bond acceptors (Lipinski definition) is 8. The van der Waals surface area contributed by atoms with Gasteiger partial charge >= 0.3 is 11.9 Å². The van der Waals surface area contributed by atoms with E-state index in [2.05, 4.69) is 0 Å². The molecule has 7 rings (SSSR count). The maximum absolute atomic E-state index is 14.9. The fraction of sp³-hybridized carbons (Fsp3) is 0.333. The first kappa shape index (κ1) is 32.7. The fourth-order valence-corrected chi connectivity index (χ4v) is 6.23. The number of carbonyl (C=O) groups excluding carboxylic acids is 2. The van der Waals surface area contributed by atoms with E-state index < -0.39 is 29.0 Å². The molecule has 0 amide bonds. The van der Waals surface area contributed by atoms with Crippen molar-refractivity contribution in [2.75, 3.05) is 39.6 Å². The maximum Gasteiger partial charge on any atom is 0.346 e. The van der Waals surface area contributed by atoms with Gasteiger partial charge in [0.25, 0.3) is 0 Å². The van der Waals surface area contributed by atoms with Crippen molar-refractivity contribution in [1.82, 2.24) is 0 Å². The molecule has 10 heteroatoms. The lowest BCUT2D eigenvalue weighted by Crippen LogP contribution is -2.44. The Morgan fingerprint density at radius 3 is 1.33 bits per heavy atom. The number of hydrogen-bond donors (Lipinski definition) is 0. The van der Waals surface area contributed by atoms with Gasteiger partial charge in [0.2, 0.25) is 0 Å². The highest BCUT2D eigenvalue weighted by Gasteiger charge is 2.37. The summed E-state index contributed by atoms with van der Waals surface area (Å²) in [6.07, 6.45) is 0. The summed E-state index contributed by atoms with van der Waals surface area (Å²) in [7, 11) is 0. The van der Waals surface area contributed by atoms with Crippen molar-refractivity contribution in [3.63, 3.8) is 0 Å². The van der Waals surface area contributed by atoms with Crippen LogP contribution in [0, 0.1) is 22.5 Å². The van der Waals surface area contributed by atoms with Crippen molar-refractivity contribution < 1.29 is 46.8 Å². The van der Waals surface area contributed by atoms with E-state index in [1.54, 1.807) is 36.4 Å². The third-order valence-electron chi connectivity index (χ3n) is 9.34. The number of benzene rings is 4. The summed E-state index contributed by atoms with van der Waals surface area (Å²) in [6.45, 7) is 11.1. The van der Waals surface area contributed by atoms with Crippen LogP contribution in [-0.2, 0) is 14.9 Å². The minimum absolute atomic E-state index is 0.104. The standard InChI is InChI=1S/C39H36F2O8/c1-37(2)31-13-25(48-35(42)29-11-5-23(15-33(29)40)46-21-38(3)17-44-18-38)7-9-27(31)28-10-8-26(14-32(28)37)49-36(43)30-12-6-24(16-34(30)41)47-22-39(4)19-45-20-39/h5-16H,17-22H2,1-4H3. The van der Waals surface area contributed by atoms with Gasteiger partial charge in [-0.2, -0.15) is 0 Å². The summed E-state index contributed by atoms with van der Waals surface area (Å²) in [6, 6.07) is 18.6. The second-order valence-corrected chi connectivity index (χ2v) is 14.3. The van der Waals surface area contributed by atoms with Crippen LogP contribution < -0.4 is 18.9 Å². The predicted octanol–water partition coefficient (Wildman–Crippen LogP) is 7.54. The molecule has 0 aromatic heterocycles. The normalized spacial score (nSPS) is 17.5. The minimum Gasteiger partial charge on any atom is -0.493 e. The van der Waals surface area contributed by atoms with Crippen LogP contribution in [0.2, 0.25) is 0 Å². The zero-order valence-electron chi connectivity index (χ0n) is 27.7. The second kappa shape index (κ2) is 12.3. The number of ether oxygens (including phenoxy) is 6. The predicted molar refractivity (Wildman–Crippen MR) is 176 cm³/mol. The van der Waals surface area contributed by atoms with Gasteiger partial charge in [-0.1, -0.05) is 39.8 Å². The van der Waals surface area contributed by atoms with E-state index in [0.717, 1.165) is 22.3 Å². The Labute approximate surface area is 282 Å². The molecule has 0 radical (unpaired) electrons. The molecule has 0 bridgehead atoms. The number of carbonyl (C=O) groups is 2. The zero-order chi connectivity index (χ0) is 34.6. The number of fused-ring (bicyclic) bond motifs is 3. The molecule has 0 spiro atoms. The summed E-state index contributed by atoms with van der Waals surface area (Å²) in [5, 5.41) is 0. The van der Waals surface area contributed by atoms with Gasteiger partial charge in [0.05, 0.1) is 50.8 Å². The molecule has 0 atom stereocenters. The molecule has 2 heterocycles. The van der Waals surface area contributed by atoms with E-state index in [4.69, 9.17) is 28.4 Å². The molecule has 4 aromatic rings. The van der Waals surface area contributed by atoms with Crippen LogP contribution in [0.1, 0.15) is 59.5 Å². The largest absolute Gasteiger partial charge is 0.493 e. The van der Waals surface area contributed by atoms with Crippen LogP contribution in [0.3, 0.4) is 0 Å². The molecule has 3 aliphatic rings. The molecule has 0 N–H and O–H groups in total. The molecule has 2 aliphatic heterocycles. The number of esters is 2. The summed E-state index contributed by atoms with van der Waals surface area (Å²) >= 11 is 0. The molecule has 8 nitrogen and oxygen atoms in total. The summed E-state index contributed by atoms with van der Waals surface area (Å²) in [4.78, 5) is 26.0. The number of halogens is 2. The van der Waals surface area contributed by atoms with E-state index in [1.165, 1.54) is 24.3 Å². The molecular formula is C39H36F2O8. The molecule has 1 aliphatic carbocycles. The first-order valence-corrected chi connectivity index (χ1v) is 16.1. The molecular weight excluding hydrogens is 634 g/mol. The first-order valence-electron chi connectivity index (χ1n) is 16.1. The van der Waals surface area contributed by atoms with Gasteiger partial charge in [-0.05, 0) is 70.8 Å². The molecule has 2 saturated heterocycles. The van der Waals surface area contributed by atoms with Gasteiger partial charge in [-0.15, -0.1) is 0 Å².